The molecule has 0 amide bonds. The summed E-state index contributed by atoms with van der Waals surface area (Å²) < 4.78 is 56.8. The topological polar surface area (TPSA) is 26.3 Å². The summed E-state index contributed by atoms with van der Waals surface area (Å²) in [6.07, 6.45) is 0. The van der Waals surface area contributed by atoms with Gasteiger partial charge in [-0.2, -0.15) is 0 Å². The van der Waals surface area contributed by atoms with E-state index in [1.54, 1.807) is 0 Å². The summed E-state index contributed by atoms with van der Waals surface area (Å²) in [5.41, 5.74) is -0.484. The van der Waals surface area contributed by atoms with Gasteiger partial charge in [-0.05, 0) is 18.2 Å². The molecule has 0 aliphatic carbocycles. The van der Waals surface area contributed by atoms with Crippen LogP contribution in [0.15, 0.2) is 36.4 Å². The molecule has 0 atom stereocenters. The van der Waals surface area contributed by atoms with Crippen LogP contribution >= 0.6 is 0 Å². The summed E-state index contributed by atoms with van der Waals surface area (Å²) >= 11 is 0. The molecule has 2 aromatic rings. The van der Waals surface area contributed by atoms with E-state index in [9.17, 15) is 22.4 Å². The number of rotatable bonds is 4. The number of halogens is 4. The van der Waals surface area contributed by atoms with Crippen LogP contribution < -0.4 is 4.74 Å². The zero-order valence-electron chi connectivity index (χ0n) is 10.00. The molecule has 104 valence electrons. The molecule has 0 saturated heterocycles. The second kappa shape index (κ2) is 5.73. The van der Waals surface area contributed by atoms with Crippen LogP contribution in [-0.2, 0) is 0 Å². The van der Waals surface area contributed by atoms with Crippen molar-refractivity contribution in [3.63, 3.8) is 0 Å². The van der Waals surface area contributed by atoms with E-state index in [1.807, 2.05) is 0 Å². The van der Waals surface area contributed by atoms with E-state index in [-0.39, 0.29) is 5.75 Å². The molecule has 0 spiro atoms. The molecule has 20 heavy (non-hydrogen) atoms. The highest BCUT2D eigenvalue weighted by Gasteiger charge is 2.14. The minimum absolute atomic E-state index is 0.215. The fourth-order valence-corrected chi connectivity index (χ4v) is 1.55. The van der Waals surface area contributed by atoms with Gasteiger partial charge in [-0.1, -0.05) is 0 Å². The van der Waals surface area contributed by atoms with E-state index in [0.717, 1.165) is 30.3 Å². The SMILES string of the molecule is O=C(COc1cc(F)cc(F)c1)c1cc(F)ccc1F. The molecule has 2 aromatic carbocycles. The maximum absolute atomic E-state index is 13.3. The lowest BCUT2D eigenvalue weighted by molar-refractivity contribution is 0.0916. The van der Waals surface area contributed by atoms with Crippen LogP contribution in [0.3, 0.4) is 0 Å². The highest BCUT2D eigenvalue weighted by Crippen LogP contribution is 2.16. The third kappa shape index (κ3) is 3.34. The van der Waals surface area contributed by atoms with Crippen LogP contribution in [0.4, 0.5) is 17.6 Å². The Morgan fingerprint density at radius 3 is 2.20 bits per heavy atom. The van der Waals surface area contributed by atoms with Crippen LogP contribution in [0.5, 0.6) is 5.75 Å². The second-order valence-corrected chi connectivity index (χ2v) is 3.94. The molecule has 0 fully saturated rings. The Kier molecular flexibility index (Phi) is 4.02. The highest BCUT2D eigenvalue weighted by molar-refractivity contribution is 5.97. The maximum Gasteiger partial charge on any atom is 0.203 e. The Labute approximate surface area is 111 Å². The zero-order valence-corrected chi connectivity index (χ0v) is 10.00. The van der Waals surface area contributed by atoms with Gasteiger partial charge in [0, 0.05) is 18.2 Å². The monoisotopic (exact) mass is 284 g/mol. The number of carbonyl (C=O) groups is 1. The first-order valence-corrected chi connectivity index (χ1v) is 5.53. The second-order valence-electron chi connectivity index (χ2n) is 3.94. The summed E-state index contributed by atoms with van der Waals surface area (Å²) in [7, 11) is 0. The first kappa shape index (κ1) is 14.0. The normalized spacial score (nSPS) is 10.4. The van der Waals surface area contributed by atoms with E-state index >= 15 is 0 Å². The Bertz CT molecular complexity index is 635. The average Bonchev–Trinajstić information content (AvgIpc) is 2.38. The Morgan fingerprint density at radius 2 is 1.55 bits per heavy atom. The smallest absolute Gasteiger partial charge is 0.203 e. The molecular weight excluding hydrogens is 276 g/mol. The lowest BCUT2D eigenvalue weighted by Gasteiger charge is -2.06. The lowest BCUT2D eigenvalue weighted by Crippen LogP contribution is -2.13. The molecule has 0 aliphatic rings. The van der Waals surface area contributed by atoms with Crippen molar-refractivity contribution in [3.8, 4) is 5.75 Å². The van der Waals surface area contributed by atoms with Crippen LogP contribution in [0.1, 0.15) is 10.4 Å². The van der Waals surface area contributed by atoms with Gasteiger partial charge in [-0.25, -0.2) is 17.6 Å². The Balaban J connectivity index is 2.10. The van der Waals surface area contributed by atoms with Crippen LogP contribution in [0.2, 0.25) is 0 Å². The number of hydrogen-bond donors (Lipinski definition) is 0. The van der Waals surface area contributed by atoms with Gasteiger partial charge in [0.05, 0.1) is 5.56 Å². The largest absolute Gasteiger partial charge is 0.485 e. The van der Waals surface area contributed by atoms with Gasteiger partial charge in [-0.15, -0.1) is 0 Å². The molecule has 0 heterocycles. The summed E-state index contributed by atoms with van der Waals surface area (Å²) in [5.74, 6) is -4.47. The molecule has 0 saturated carbocycles. The van der Waals surface area contributed by atoms with Crippen molar-refractivity contribution >= 4 is 5.78 Å². The number of carbonyl (C=O) groups excluding carboxylic acids is 1. The molecule has 0 N–H and O–H groups in total. The summed E-state index contributed by atoms with van der Waals surface area (Å²) in [5, 5.41) is 0. The fraction of sp³-hybridized carbons (Fsp3) is 0.0714. The van der Waals surface area contributed by atoms with Gasteiger partial charge in [0.2, 0.25) is 5.78 Å². The Hall–Kier alpha value is -2.37. The molecule has 0 unspecified atom stereocenters. The van der Waals surface area contributed by atoms with Crippen molar-refractivity contribution in [2.75, 3.05) is 6.61 Å². The van der Waals surface area contributed by atoms with Crippen molar-refractivity contribution < 1.29 is 27.1 Å². The number of benzene rings is 2. The van der Waals surface area contributed by atoms with Gasteiger partial charge in [0.25, 0.3) is 0 Å². The van der Waals surface area contributed by atoms with E-state index < -0.39 is 41.2 Å². The molecule has 0 aliphatic heterocycles. The van der Waals surface area contributed by atoms with Crippen molar-refractivity contribution in [2.45, 2.75) is 0 Å². The zero-order chi connectivity index (χ0) is 14.7. The molecule has 2 rings (SSSR count). The minimum atomic E-state index is -0.898. The van der Waals surface area contributed by atoms with Gasteiger partial charge < -0.3 is 4.74 Å². The van der Waals surface area contributed by atoms with Crippen LogP contribution in [-0.4, -0.2) is 12.4 Å². The lowest BCUT2D eigenvalue weighted by atomic mass is 10.1. The van der Waals surface area contributed by atoms with Crippen molar-refractivity contribution in [1.29, 1.82) is 0 Å². The Morgan fingerprint density at radius 1 is 0.900 bits per heavy atom. The van der Waals surface area contributed by atoms with E-state index in [1.165, 1.54) is 0 Å². The molecule has 0 radical (unpaired) electrons. The molecular formula is C14H8F4O2. The fourth-order valence-electron chi connectivity index (χ4n) is 1.55. The van der Waals surface area contributed by atoms with Crippen molar-refractivity contribution in [3.05, 3.63) is 65.2 Å². The molecule has 0 aromatic heterocycles. The number of hydrogen-bond acceptors (Lipinski definition) is 2. The van der Waals surface area contributed by atoms with Crippen molar-refractivity contribution in [2.24, 2.45) is 0 Å². The third-order valence-corrected chi connectivity index (χ3v) is 2.43. The first-order chi connectivity index (χ1) is 9.45. The first-order valence-electron chi connectivity index (χ1n) is 5.53. The summed E-state index contributed by atoms with van der Waals surface area (Å²) in [6.45, 7) is -0.663. The number of ether oxygens (including phenoxy) is 1. The highest BCUT2D eigenvalue weighted by atomic mass is 19.1. The number of Topliss-reactive ketones (excluding diaryl/α,β-unsaturated/α-hetero) is 1. The molecule has 0 bridgehead atoms. The maximum atomic E-state index is 13.3. The standard InChI is InChI=1S/C14H8F4O2/c15-8-1-2-13(18)12(6-8)14(19)7-20-11-4-9(16)3-10(17)5-11/h1-6H,7H2. The van der Waals surface area contributed by atoms with Gasteiger partial charge >= 0.3 is 0 Å². The van der Waals surface area contributed by atoms with Gasteiger partial charge in [0.1, 0.15) is 29.0 Å². The average molecular weight is 284 g/mol. The quantitative estimate of drug-likeness (QED) is 0.634. The molecule has 6 heteroatoms. The summed E-state index contributed by atoms with van der Waals surface area (Å²) in [6, 6.07) is 4.80. The predicted octanol–water partition coefficient (Wildman–Crippen LogP) is 3.50. The third-order valence-electron chi connectivity index (χ3n) is 2.43. The van der Waals surface area contributed by atoms with E-state index in [0.29, 0.717) is 6.07 Å². The van der Waals surface area contributed by atoms with Crippen molar-refractivity contribution in [1.82, 2.24) is 0 Å². The van der Waals surface area contributed by atoms with E-state index in [4.69, 9.17) is 4.74 Å². The van der Waals surface area contributed by atoms with Gasteiger partial charge in [-0.3, -0.25) is 4.79 Å². The van der Waals surface area contributed by atoms with E-state index in [2.05, 4.69) is 0 Å². The molecule has 2 nitrogen and oxygen atoms in total. The number of ketones is 1. The predicted molar refractivity (Wildman–Crippen MR) is 62.5 cm³/mol. The summed E-state index contributed by atoms with van der Waals surface area (Å²) in [4.78, 5) is 11.6. The van der Waals surface area contributed by atoms with Crippen LogP contribution in [0.25, 0.3) is 0 Å². The minimum Gasteiger partial charge on any atom is -0.485 e. The van der Waals surface area contributed by atoms with Crippen LogP contribution in [0, 0.1) is 23.3 Å². The van der Waals surface area contributed by atoms with Gasteiger partial charge in [0.15, 0.2) is 6.61 Å².